The Hall–Kier alpha value is -1.69. The van der Waals surface area contributed by atoms with Crippen LogP contribution in [0.4, 0.5) is 0 Å². The second-order valence-corrected chi connectivity index (χ2v) is 9.64. The summed E-state index contributed by atoms with van der Waals surface area (Å²) in [6, 6.07) is 9.93. The molecule has 2 heterocycles. The van der Waals surface area contributed by atoms with Crippen LogP contribution in [0.5, 0.6) is 0 Å². The minimum atomic E-state index is -0.424. The lowest BCUT2D eigenvalue weighted by atomic mass is 9.82. The van der Waals surface area contributed by atoms with Crippen LogP contribution in [0.2, 0.25) is 0 Å². The predicted molar refractivity (Wildman–Crippen MR) is 125 cm³/mol. The summed E-state index contributed by atoms with van der Waals surface area (Å²) in [4.78, 5) is 13.3. The Kier molecular flexibility index (Phi) is 9.33. The third-order valence-corrected chi connectivity index (χ3v) is 7.06. The van der Waals surface area contributed by atoms with Gasteiger partial charge in [0.25, 0.3) is 0 Å². The van der Waals surface area contributed by atoms with Gasteiger partial charge in [-0.3, -0.25) is 4.79 Å². The fourth-order valence-corrected chi connectivity index (χ4v) is 5.08. The van der Waals surface area contributed by atoms with Gasteiger partial charge in [0, 0.05) is 13.0 Å². The van der Waals surface area contributed by atoms with E-state index in [1.807, 2.05) is 37.3 Å². The van der Waals surface area contributed by atoms with Gasteiger partial charge < -0.3 is 19.3 Å². The van der Waals surface area contributed by atoms with E-state index in [4.69, 9.17) is 14.2 Å². The quantitative estimate of drug-likeness (QED) is 0.500. The highest BCUT2D eigenvalue weighted by Crippen LogP contribution is 2.36. The van der Waals surface area contributed by atoms with Gasteiger partial charge in [-0.05, 0) is 50.5 Å². The number of hydrogen-bond acceptors (Lipinski definition) is 5. The molecule has 0 aromatic heterocycles. The van der Waals surface area contributed by atoms with Gasteiger partial charge in [-0.25, -0.2) is 0 Å². The molecular formula is C27H40O5. The molecule has 32 heavy (non-hydrogen) atoms. The maximum Gasteiger partial charge on any atom is 0.312 e. The zero-order valence-corrected chi connectivity index (χ0v) is 20.0. The van der Waals surface area contributed by atoms with E-state index in [0.717, 1.165) is 37.7 Å². The van der Waals surface area contributed by atoms with Gasteiger partial charge in [0.05, 0.1) is 30.3 Å². The summed E-state index contributed by atoms with van der Waals surface area (Å²) in [5.74, 6) is -0.174. The van der Waals surface area contributed by atoms with E-state index in [1.165, 1.54) is 0 Å². The number of ether oxygens (including phenoxy) is 3. The molecule has 178 valence electrons. The molecule has 5 nitrogen and oxygen atoms in total. The second-order valence-electron chi connectivity index (χ2n) is 9.64. The number of carbonyl (C=O) groups excluding carboxylic acids is 1. The first-order valence-electron chi connectivity index (χ1n) is 12.2. The molecular weight excluding hydrogens is 404 g/mol. The molecule has 5 heteroatoms. The monoisotopic (exact) mass is 444 g/mol. The lowest BCUT2D eigenvalue weighted by molar-refractivity contribution is -0.194. The molecule has 0 aliphatic carbocycles. The highest BCUT2D eigenvalue weighted by molar-refractivity contribution is 5.73. The SMILES string of the molecule is COC1CC(C)C2OC1[C@H](C)C(=O)O[C@H](c1ccccc1)CCCCC(O)C/C=C/[C@@H]2C. The Labute approximate surface area is 193 Å². The molecule has 0 spiro atoms. The van der Waals surface area contributed by atoms with Crippen LogP contribution in [0.1, 0.15) is 71.0 Å². The summed E-state index contributed by atoms with van der Waals surface area (Å²) in [5, 5.41) is 10.4. The van der Waals surface area contributed by atoms with Crippen molar-refractivity contribution in [3.05, 3.63) is 48.0 Å². The number of carbonyl (C=O) groups is 1. The fraction of sp³-hybridized carbons (Fsp3) is 0.667. The number of cyclic esters (lactones) is 1. The first kappa shape index (κ1) is 24.9. The first-order valence-corrected chi connectivity index (χ1v) is 12.2. The van der Waals surface area contributed by atoms with Crippen molar-refractivity contribution in [2.24, 2.45) is 17.8 Å². The van der Waals surface area contributed by atoms with E-state index in [2.05, 4.69) is 26.0 Å². The molecule has 1 aromatic rings. The lowest BCUT2D eigenvalue weighted by Gasteiger charge is -2.43. The summed E-state index contributed by atoms with van der Waals surface area (Å²) >= 11 is 0. The Morgan fingerprint density at radius 1 is 1.03 bits per heavy atom. The molecule has 2 bridgehead atoms. The molecule has 0 radical (unpaired) electrons. The molecule has 0 saturated carbocycles. The molecule has 1 aromatic carbocycles. The van der Waals surface area contributed by atoms with Crippen LogP contribution in [-0.4, -0.2) is 42.6 Å². The predicted octanol–water partition coefficient (Wildman–Crippen LogP) is 5.23. The molecule has 2 aliphatic heterocycles. The molecule has 5 unspecified atom stereocenters. The van der Waals surface area contributed by atoms with Crippen molar-refractivity contribution in [2.45, 2.75) is 89.8 Å². The minimum absolute atomic E-state index is 0.00660. The van der Waals surface area contributed by atoms with Crippen LogP contribution in [0.25, 0.3) is 0 Å². The highest BCUT2D eigenvalue weighted by Gasteiger charge is 2.43. The van der Waals surface area contributed by atoms with Crippen LogP contribution in [0.15, 0.2) is 42.5 Å². The van der Waals surface area contributed by atoms with Crippen LogP contribution >= 0.6 is 0 Å². The fourth-order valence-electron chi connectivity index (χ4n) is 5.08. The summed E-state index contributed by atoms with van der Waals surface area (Å²) < 4.78 is 18.3. The molecule has 3 rings (SSSR count). The average molecular weight is 445 g/mol. The average Bonchev–Trinajstić information content (AvgIpc) is 2.80. The topological polar surface area (TPSA) is 65.0 Å². The van der Waals surface area contributed by atoms with Crippen molar-refractivity contribution in [1.82, 2.24) is 0 Å². The number of fused-ring (bicyclic) bond motifs is 2. The van der Waals surface area contributed by atoms with Crippen molar-refractivity contribution in [2.75, 3.05) is 7.11 Å². The Bertz CT molecular complexity index is 733. The maximum absolute atomic E-state index is 13.3. The summed E-state index contributed by atoms with van der Waals surface area (Å²) in [6.07, 6.45) is 7.86. The molecule has 8 atom stereocenters. The smallest absolute Gasteiger partial charge is 0.312 e. The van der Waals surface area contributed by atoms with Gasteiger partial charge in [-0.15, -0.1) is 0 Å². The highest BCUT2D eigenvalue weighted by atomic mass is 16.6. The standard InChI is InChI=1S/C27H40O5/c1-18-11-10-15-22(28)14-8-9-16-23(21-12-6-5-7-13-21)31-27(29)20(3)26-24(30-4)17-19(2)25(18)32-26/h5-7,10-13,18-20,22-26,28H,8-9,14-17H2,1-4H3/b11-10+/t18-,19?,20-,22?,23-,24?,25?,26?/m0/s1. The molecule has 2 aliphatic rings. The molecule has 1 N–H and O–H groups in total. The number of hydrogen-bond donors (Lipinski definition) is 1. The van der Waals surface area contributed by atoms with Gasteiger partial charge in [0.15, 0.2) is 0 Å². The Morgan fingerprint density at radius 2 is 1.75 bits per heavy atom. The van der Waals surface area contributed by atoms with Gasteiger partial charge >= 0.3 is 5.97 Å². The van der Waals surface area contributed by atoms with Gasteiger partial charge in [-0.2, -0.15) is 0 Å². The van der Waals surface area contributed by atoms with Gasteiger partial charge in [0.1, 0.15) is 6.10 Å². The van der Waals surface area contributed by atoms with Gasteiger partial charge in [-0.1, -0.05) is 62.8 Å². The zero-order valence-electron chi connectivity index (χ0n) is 20.0. The van der Waals surface area contributed by atoms with Crippen molar-refractivity contribution in [3.63, 3.8) is 0 Å². The van der Waals surface area contributed by atoms with E-state index in [0.29, 0.717) is 12.3 Å². The van der Waals surface area contributed by atoms with Crippen LogP contribution in [0.3, 0.4) is 0 Å². The summed E-state index contributed by atoms with van der Waals surface area (Å²) in [7, 11) is 1.69. The third kappa shape index (κ3) is 6.43. The second kappa shape index (κ2) is 12.0. The number of benzene rings is 1. The van der Waals surface area contributed by atoms with Crippen molar-refractivity contribution in [3.8, 4) is 0 Å². The van der Waals surface area contributed by atoms with E-state index in [9.17, 15) is 9.90 Å². The number of esters is 1. The van der Waals surface area contributed by atoms with Crippen LogP contribution in [0, 0.1) is 17.8 Å². The van der Waals surface area contributed by atoms with Crippen LogP contribution < -0.4 is 0 Å². The van der Waals surface area contributed by atoms with Crippen LogP contribution in [-0.2, 0) is 19.0 Å². The summed E-state index contributed by atoms with van der Waals surface area (Å²) in [5.41, 5.74) is 1.01. The van der Waals surface area contributed by atoms with E-state index in [1.54, 1.807) is 7.11 Å². The minimum Gasteiger partial charge on any atom is -0.457 e. The molecule has 1 fully saturated rings. The lowest BCUT2D eigenvalue weighted by Crippen LogP contribution is -2.51. The first-order chi connectivity index (χ1) is 15.4. The van der Waals surface area contributed by atoms with E-state index < -0.39 is 5.92 Å². The Balaban J connectivity index is 1.85. The van der Waals surface area contributed by atoms with Crippen molar-refractivity contribution < 1.29 is 24.1 Å². The third-order valence-electron chi connectivity index (χ3n) is 7.06. The van der Waals surface area contributed by atoms with Gasteiger partial charge in [0.2, 0.25) is 0 Å². The normalized spacial score (nSPS) is 38.6. The summed E-state index contributed by atoms with van der Waals surface area (Å²) in [6.45, 7) is 6.22. The zero-order chi connectivity index (χ0) is 23.1. The molecule has 0 amide bonds. The van der Waals surface area contributed by atoms with Crippen molar-refractivity contribution >= 4 is 5.97 Å². The number of aliphatic hydroxyl groups excluding tert-OH is 1. The van der Waals surface area contributed by atoms with E-state index >= 15 is 0 Å². The Morgan fingerprint density at radius 3 is 2.47 bits per heavy atom. The molecule has 1 saturated heterocycles. The number of aliphatic hydroxyl groups is 1. The number of methoxy groups -OCH3 is 1. The van der Waals surface area contributed by atoms with Crippen molar-refractivity contribution in [1.29, 1.82) is 0 Å². The maximum atomic E-state index is 13.3. The van der Waals surface area contributed by atoms with E-state index in [-0.39, 0.29) is 42.4 Å². The largest absolute Gasteiger partial charge is 0.457 e. The number of rotatable bonds is 2.